The van der Waals surface area contributed by atoms with Crippen LogP contribution in [0.4, 0.5) is 0 Å². The molecule has 4 aromatic heterocycles. The maximum Gasteiger partial charge on any atom is 0.137 e. The molecule has 0 unspecified atom stereocenters. The Bertz CT molecular complexity index is 3620. The number of rotatable bonds is 2. The van der Waals surface area contributed by atoms with E-state index in [1.54, 1.807) is 0 Å². The van der Waals surface area contributed by atoms with Crippen LogP contribution in [0.1, 0.15) is 105 Å². The topological polar surface area (TPSA) is 36.1 Å². The number of hydrogen-bond donors (Lipinski definition) is 0. The Hall–Kier alpha value is -6.78. The van der Waals surface area contributed by atoms with E-state index < -0.39 is 0 Å². The van der Waals surface area contributed by atoms with E-state index >= 15 is 0 Å². The van der Waals surface area contributed by atoms with Crippen molar-refractivity contribution in [2.75, 3.05) is 0 Å². The zero-order valence-corrected chi connectivity index (χ0v) is 40.4. The molecule has 12 aromatic rings. The summed E-state index contributed by atoms with van der Waals surface area (Å²) in [5.41, 5.74) is 16.0. The molecule has 328 valence electrons. The number of hydrogen-bond acceptors (Lipinski definition) is 2. The maximum absolute atomic E-state index is 6.75. The summed E-state index contributed by atoms with van der Waals surface area (Å²) in [6, 6.07) is 50.4. The smallest absolute Gasteiger partial charge is 0.137 e. The van der Waals surface area contributed by atoms with Crippen molar-refractivity contribution >= 4 is 98.3 Å². The fraction of sp³-hybridized carbons (Fsp3) is 0.258. The molecule has 0 aliphatic carbocycles. The molecule has 0 N–H and O–H groups in total. The van der Waals surface area contributed by atoms with Crippen LogP contribution in [0.2, 0.25) is 0 Å². The van der Waals surface area contributed by atoms with E-state index in [1.807, 2.05) is 0 Å². The zero-order chi connectivity index (χ0) is 46.0. The number of nitrogens with zero attached hydrogens (tertiary/aromatic N) is 2. The fourth-order valence-corrected chi connectivity index (χ4v) is 10.5. The van der Waals surface area contributed by atoms with Crippen molar-refractivity contribution in [3.05, 3.63) is 156 Å². The Kier molecular flexibility index (Phi) is 8.27. The molecular formula is C62H58N2O2. The first-order valence-electron chi connectivity index (χ1n) is 23.6. The van der Waals surface area contributed by atoms with Gasteiger partial charge < -0.3 is 18.0 Å². The van der Waals surface area contributed by atoms with Crippen molar-refractivity contribution in [3.63, 3.8) is 0 Å². The Balaban J connectivity index is 0.974. The van der Waals surface area contributed by atoms with E-state index in [4.69, 9.17) is 8.83 Å². The largest absolute Gasteiger partial charge is 0.456 e. The molecule has 0 radical (unpaired) electrons. The van der Waals surface area contributed by atoms with Gasteiger partial charge in [-0.2, -0.15) is 0 Å². The van der Waals surface area contributed by atoms with Crippen molar-refractivity contribution < 1.29 is 8.83 Å². The van der Waals surface area contributed by atoms with E-state index in [0.29, 0.717) is 0 Å². The van der Waals surface area contributed by atoms with Crippen LogP contribution in [0, 0.1) is 0 Å². The summed E-state index contributed by atoms with van der Waals surface area (Å²) in [6.07, 6.45) is 0. The molecular weight excluding hydrogens is 805 g/mol. The molecule has 0 fully saturated rings. The minimum atomic E-state index is 0.0447. The van der Waals surface area contributed by atoms with Gasteiger partial charge in [0.2, 0.25) is 0 Å². The molecule has 0 aliphatic rings. The fourth-order valence-electron chi connectivity index (χ4n) is 10.5. The van der Waals surface area contributed by atoms with Crippen LogP contribution in [0.15, 0.2) is 142 Å². The maximum atomic E-state index is 6.75. The van der Waals surface area contributed by atoms with Crippen molar-refractivity contribution in [1.82, 2.24) is 9.13 Å². The van der Waals surface area contributed by atoms with E-state index in [2.05, 4.69) is 226 Å². The molecule has 4 heteroatoms. The second kappa shape index (κ2) is 13.4. The third kappa shape index (κ3) is 6.17. The summed E-state index contributed by atoms with van der Waals surface area (Å²) in [5.74, 6) is 0. The number of furan rings is 2. The summed E-state index contributed by atoms with van der Waals surface area (Å²) >= 11 is 0. The van der Waals surface area contributed by atoms with Gasteiger partial charge in [0.1, 0.15) is 22.3 Å². The summed E-state index contributed by atoms with van der Waals surface area (Å²) in [6.45, 7) is 27.5. The highest BCUT2D eigenvalue weighted by molar-refractivity contribution is 6.16. The highest BCUT2D eigenvalue weighted by atomic mass is 16.3. The third-order valence-electron chi connectivity index (χ3n) is 14.5. The van der Waals surface area contributed by atoms with Crippen LogP contribution < -0.4 is 0 Å². The van der Waals surface area contributed by atoms with E-state index in [-0.39, 0.29) is 21.7 Å². The molecule has 0 saturated carbocycles. The van der Waals surface area contributed by atoms with Crippen LogP contribution in [-0.2, 0) is 21.7 Å². The normalized spacial score (nSPS) is 13.5. The third-order valence-corrected chi connectivity index (χ3v) is 14.5. The molecule has 66 heavy (non-hydrogen) atoms. The first-order valence-corrected chi connectivity index (χ1v) is 23.6. The van der Waals surface area contributed by atoms with Gasteiger partial charge in [-0.15, -0.1) is 0 Å². The zero-order valence-electron chi connectivity index (χ0n) is 40.4. The lowest BCUT2D eigenvalue weighted by Crippen LogP contribution is -2.10. The molecule has 8 aromatic carbocycles. The lowest BCUT2D eigenvalue weighted by atomic mass is 9.85. The van der Waals surface area contributed by atoms with Crippen LogP contribution in [0.25, 0.3) is 110 Å². The Labute approximate surface area is 386 Å². The van der Waals surface area contributed by atoms with Gasteiger partial charge in [0.15, 0.2) is 0 Å². The first-order chi connectivity index (χ1) is 31.2. The second-order valence-corrected chi connectivity index (χ2v) is 23.2. The summed E-state index contributed by atoms with van der Waals surface area (Å²) in [7, 11) is 0. The number of benzene rings is 8. The van der Waals surface area contributed by atoms with Gasteiger partial charge in [0.25, 0.3) is 0 Å². The lowest BCUT2D eigenvalue weighted by molar-refractivity contribution is 0.590. The minimum Gasteiger partial charge on any atom is -0.456 e. The van der Waals surface area contributed by atoms with Crippen molar-refractivity contribution in [2.45, 2.75) is 105 Å². The number of aromatic nitrogens is 2. The van der Waals surface area contributed by atoms with Gasteiger partial charge in [-0.05, 0) is 152 Å². The monoisotopic (exact) mass is 862 g/mol. The van der Waals surface area contributed by atoms with Crippen LogP contribution in [0.3, 0.4) is 0 Å². The standard InChI is InChI=1S/C62H58N2O2/c1-59(2,3)37-13-21-51-45(29-37)46-30-38(60(4,5)6)14-22-52(46)63(51)41-17-19-43-49-25-35-26-50-44-20-18-42(34-58(44)66-56(50)28-36(35)27-55(49)65-57(43)33-41)64-53-23-15-39(61(7,8)9)31-47(53)48-32-40(62(10,11)12)16-24-54(48)64/h13-34H,1-12H3. The van der Waals surface area contributed by atoms with Crippen molar-refractivity contribution in [1.29, 1.82) is 0 Å². The Morgan fingerprint density at radius 3 is 0.864 bits per heavy atom. The van der Waals surface area contributed by atoms with Crippen LogP contribution >= 0.6 is 0 Å². The van der Waals surface area contributed by atoms with Gasteiger partial charge in [0, 0.05) is 66.6 Å². The molecule has 0 amide bonds. The van der Waals surface area contributed by atoms with E-state index in [0.717, 1.165) is 66.0 Å². The second-order valence-electron chi connectivity index (χ2n) is 23.2. The predicted molar refractivity (Wildman–Crippen MR) is 282 cm³/mol. The van der Waals surface area contributed by atoms with Gasteiger partial charge in [0.05, 0.1) is 22.1 Å². The molecule has 4 heterocycles. The molecule has 12 rings (SSSR count). The summed E-state index contributed by atoms with van der Waals surface area (Å²) in [5, 5.41) is 11.8. The highest BCUT2D eigenvalue weighted by Crippen LogP contribution is 2.43. The molecule has 0 saturated heterocycles. The highest BCUT2D eigenvalue weighted by Gasteiger charge is 2.24. The van der Waals surface area contributed by atoms with E-state index in [1.165, 1.54) is 65.9 Å². The van der Waals surface area contributed by atoms with Crippen LogP contribution in [0.5, 0.6) is 0 Å². The molecule has 4 nitrogen and oxygen atoms in total. The predicted octanol–water partition coefficient (Wildman–Crippen LogP) is 18.0. The lowest BCUT2D eigenvalue weighted by Gasteiger charge is -2.19. The quantitative estimate of drug-likeness (QED) is 0.174. The molecule has 0 atom stereocenters. The molecule has 0 aliphatic heterocycles. The Morgan fingerprint density at radius 1 is 0.273 bits per heavy atom. The minimum absolute atomic E-state index is 0.0447. The SMILES string of the molecule is CC(C)(C)c1ccc2c(c1)c1cc(C(C)(C)C)ccc1n2-c1ccc2c(c1)oc1cc3cc4oc5cc(-n6c7ccc(C(C)(C)C)cc7c7cc(C(C)(C)C)ccc76)ccc5c4cc3cc12. The average molecular weight is 863 g/mol. The average Bonchev–Trinajstić information content (AvgIpc) is 3.99. The van der Waals surface area contributed by atoms with Gasteiger partial charge in [-0.1, -0.05) is 107 Å². The summed E-state index contributed by atoms with van der Waals surface area (Å²) in [4.78, 5) is 0. The summed E-state index contributed by atoms with van der Waals surface area (Å²) < 4.78 is 18.3. The first kappa shape index (κ1) is 40.7. The molecule has 0 spiro atoms. The Morgan fingerprint density at radius 2 is 0.561 bits per heavy atom. The van der Waals surface area contributed by atoms with Crippen molar-refractivity contribution in [2.24, 2.45) is 0 Å². The molecule has 0 bridgehead atoms. The van der Waals surface area contributed by atoms with Crippen LogP contribution in [-0.4, -0.2) is 9.13 Å². The van der Waals surface area contributed by atoms with E-state index in [9.17, 15) is 0 Å². The van der Waals surface area contributed by atoms with Gasteiger partial charge >= 0.3 is 0 Å². The van der Waals surface area contributed by atoms with Gasteiger partial charge in [-0.25, -0.2) is 0 Å². The van der Waals surface area contributed by atoms with Crippen molar-refractivity contribution in [3.8, 4) is 11.4 Å². The number of fused-ring (bicyclic) bond motifs is 13. The van der Waals surface area contributed by atoms with Gasteiger partial charge in [-0.3, -0.25) is 0 Å².